The van der Waals surface area contributed by atoms with E-state index in [0.29, 0.717) is 46.8 Å². The number of aromatic nitrogens is 3. The lowest BCUT2D eigenvalue weighted by atomic mass is 10.0. The van der Waals surface area contributed by atoms with Crippen molar-refractivity contribution in [1.29, 1.82) is 0 Å². The highest BCUT2D eigenvalue weighted by atomic mass is 32.1. The first-order valence-corrected chi connectivity index (χ1v) is 14.3. The van der Waals surface area contributed by atoms with Crippen molar-refractivity contribution in [3.63, 3.8) is 0 Å². The molecular weight excluding hydrogens is 538 g/mol. The number of aliphatic hydroxyl groups excluding tert-OH is 2. The van der Waals surface area contributed by atoms with E-state index in [1.54, 1.807) is 0 Å². The summed E-state index contributed by atoms with van der Waals surface area (Å²) in [6.07, 6.45) is -0.436. The molecule has 1 saturated carbocycles. The van der Waals surface area contributed by atoms with Crippen LogP contribution in [0.5, 0.6) is 5.75 Å². The number of ether oxygens (including phenoxy) is 1. The summed E-state index contributed by atoms with van der Waals surface area (Å²) >= 11 is 1.50. The van der Waals surface area contributed by atoms with Crippen molar-refractivity contribution in [2.24, 2.45) is 5.92 Å². The Morgan fingerprint density at radius 1 is 1.00 bits per heavy atom. The summed E-state index contributed by atoms with van der Waals surface area (Å²) in [5, 5.41) is 39.0. The minimum absolute atomic E-state index is 0.214. The molecule has 1 aliphatic rings. The number of hydrogen-bond acceptors (Lipinski definition) is 10. The molecule has 0 aliphatic heterocycles. The van der Waals surface area contributed by atoms with E-state index in [1.165, 1.54) is 11.3 Å². The number of benzene rings is 3. The Labute approximate surface area is 241 Å². The number of hydrogen-bond donors (Lipinski definition) is 5. The summed E-state index contributed by atoms with van der Waals surface area (Å²) in [5.41, 5.74) is 2.28. The van der Waals surface area contributed by atoms with Crippen LogP contribution in [0.4, 0.5) is 17.5 Å². The van der Waals surface area contributed by atoms with E-state index in [2.05, 4.69) is 10.6 Å². The second-order valence-corrected chi connectivity index (χ2v) is 11.3. The van der Waals surface area contributed by atoms with Crippen LogP contribution in [-0.2, 0) is 6.61 Å². The van der Waals surface area contributed by atoms with Gasteiger partial charge in [0.05, 0.1) is 21.5 Å². The number of anilines is 3. The Hall–Kier alpha value is -4.09. The van der Waals surface area contributed by atoms with E-state index in [0.717, 1.165) is 21.5 Å². The number of thiazole rings is 1. The summed E-state index contributed by atoms with van der Waals surface area (Å²) in [6, 6.07) is 25.3. The van der Waals surface area contributed by atoms with Crippen LogP contribution < -0.4 is 15.4 Å². The normalized spacial score (nSPS) is 20.3. The van der Waals surface area contributed by atoms with E-state index in [-0.39, 0.29) is 13.0 Å². The molecule has 3 atom stereocenters. The third-order valence-corrected chi connectivity index (χ3v) is 8.39. The van der Waals surface area contributed by atoms with Crippen molar-refractivity contribution in [1.82, 2.24) is 15.0 Å². The quantitative estimate of drug-likeness (QED) is 0.151. The maximum Gasteiger partial charge on any atom is 0.229 e. The standard InChI is InChI=1S/C31H31N5O4S/c1-19-26(29-34-24-12-5-6-13-25(24)41-29)28(36-31(39)15-14-21(17-37)27(31)38)35-30(32-19)33-22-10-7-11-23(16-22)40-18-20-8-3-2-4-9-20/h2-13,16,21,27,37-39H,14-15,17-18H2,1H3,(H2,32,33,35,36). The molecule has 3 unspecified atom stereocenters. The summed E-state index contributed by atoms with van der Waals surface area (Å²) < 4.78 is 6.99. The van der Waals surface area contributed by atoms with E-state index in [9.17, 15) is 15.3 Å². The third-order valence-electron chi connectivity index (χ3n) is 7.34. The van der Waals surface area contributed by atoms with Gasteiger partial charge in [-0.3, -0.25) is 0 Å². The number of aryl methyl sites for hydroxylation is 1. The lowest BCUT2D eigenvalue weighted by Crippen LogP contribution is -2.48. The van der Waals surface area contributed by atoms with E-state index >= 15 is 0 Å². The molecule has 9 nitrogen and oxygen atoms in total. The van der Waals surface area contributed by atoms with Gasteiger partial charge in [0.25, 0.3) is 0 Å². The SMILES string of the molecule is Cc1nc(Nc2cccc(OCc3ccccc3)c2)nc(NC2(O)CCC(CO)C2O)c1-c1nc2ccccc2s1. The second-order valence-electron chi connectivity index (χ2n) is 10.2. The molecule has 2 heterocycles. The van der Waals surface area contributed by atoms with Crippen LogP contribution >= 0.6 is 11.3 Å². The molecule has 0 radical (unpaired) electrons. The van der Waals surface area contributed by atoms with Crippen LogP contribution in [0.1, 0.15) is 24.1 Å². The maximum atomic E-state index is 11.4. The zero-order valence-corrected chi connectivity index (χ0v) is 23.3. The lowest BCUT2D eigenvalue weighted by Gasteiger charge is -2.31. The Bertz CT molecular complexity index is 1630. The van der Waals surface area contributed by atoms with Crippen LogP contribution in [0.2, 0.25) is 0 Å². The predicted octanol–water partition coefficient (Wildman–Crippen LogP) is 5.25. The molecule has 5 N–H and O–H groups in total. The van der Waals surface area contributed by atoms with Gasteiger partial charge in [0, 0.05) is 24.3 Å². The first kappa shape index (κ1) is 27.1. The van der Waals surface area contributed by atoms with Crippen LogP contribution in [0.15, 0.2) is 78.9 Å². The van der Waals surface area contributed by atoms with Crippen molar-refractivity contribution in [2.45, 2.75) is 38.2 Å². The average Bonchev–Trinajstić information content (AvgIpc) is 3.52. The van der Waals surface area contributed by atoms with Crippen LogP contribution in [-0.4, -0.2) is 48.7 Å². The number of para-hydroxylation sites is 1. The average molecular weight is 570 g/mol. The van der Waals surface area contributed by atoms with Gasteiger partial charge in [0.15, 0.2) is 5.72 Å². The molecule has 0 amide bonds. The van der Waals surface area contributed by atoms with Crippen LogP contribution in [0.3, 0.4) is 0 Å². The first-order chi connectivity index (χ1) is 19.9. The van der Waals surface area contributed by atoms with Gasteiger partial charge in [0.2, 0.25) is 5.95 Å². The molecular formula is C31H31N5O4S. The minimum Gasteiger partial charge on any atom is -0.489 e. The molecule has 41 heavy (non-hydrogen) atoms. The summed E-state index contributed by atoms with van der Waals surface area (Å²) in [7, 11) is 0. The number of fused-ring (bicyclic) bond motifs is 1. The fourth-order valence-electron chi connectivity index (χ4n) is 5.12. The second kappa shape index (κ2) is 11.4. The highest BCUT2D eigenvalue weighted by Gasteiger charge is 2.47. The fraction of sp³-hybridized carbons (Fsp3) is 0.258. The van der Waals surface area contributed by atoms with Gasteiger partial charge < -0.3 is 30.7 Å². The van der Waals surface area contributed by atoms with Gasteiger partial charge in [-0.05, 0) is 49.6 Å². The van der Waals surface area contributed by atoms with Crippen molar-refractivity contribution in [3.05, 3.63) is 90.1 Å². The van der Waals surface area contributed by atoms with Crippen molar-refractivity contribution < 1.29 is 20.1 Å². The topological polar surface area (TPSA) is 133 Å². The highest BCUT2D eigenvalue weighted by Crippen LogP contribution is 2.41. The Morgan fingerprint density at radius 2 is 1.80 bits per heavy atom. The van der Waals surface area contributed by atoms with Gasteiger partial charge in [-0.1, -0.05) is 48.5 Å². The number of nitrogens with zero attached hydrogens (tertiary/aromatic N) is 3. The van der Waals surface area contributed by atoms with Gasteiger partial charge in [0.1, 0.15) is 29.3 Å². The predicted molar refractivity (Wildman–Crippen MR) is 160 cm³/mol. The largest absolute Gasteiger partial charge is 0.489 e. The fourth-order valence-corrected chi connectivity index (χ4v) is 6.19. The molecule has 1 aliphatic carbocycles. The molecule has 5 aromatic rings. The highest BCUT2D eigenvalue weighted by molar-refractivity contribution is 7.21. The van der Waals surface area contributed by atoms with Crippen LogP contribution in [0, 0.1) is 12.8 Å². The Kier molecular flexibility index (Phi) is 7.55. The zero-order valence-electron chi connectivity index (χ0n) is 22.5. The van der Waals surface area contributed by atoms with E-state index in [1.807, 2.05) is 85.8 Å². The van der Waals surface area contributed by atoms with Crippen molar-refractivity contribution in [3.8, 4) is 16.3 Å². The first-order valence-electron chi connectivity index (χ1n) is 13.5. The molecule has 1 fully saturated rings. The summed E-state index contributed by atoms with van der Waals surface area (Å²) in [5.74, 6) is 0.913. The molecule has 0 saturated heterocycles. The Balaban J connectivity index is 1.33. The van der Waals surface area contributed by atoms with Gasteiger partial charge >= 0.3 is 0 Å². The van der Waals surface area contributed by atoms with Crippen LogP contribution in [0.25, 0.3) is 20.8 Å². The van der Waals surface area contributed by atoms with Gasteiger partial charge in [-0.25, -0.2) is 9.97 Å². The monoisotopic (exact) mass is 569 g/mol. The summed E-state index contributed by atoms with van der Waals surface area (Å²) in [6.45, 7) is 2.10. The van der Waals surface area contributed by atoms with Gasteiger partial charge in [-0.2, -0.15) is 4.98 Å². The minimum atomic E-state index is -1.66. The molecule has 6 rings (SSSR count). The molecule has 2 aromatic heterocycles. The molecule has 10 heteroatoms. The third kappa shape index (κ3) is 5.73. The smallest absolute Gasteiger partial charge is 0.229 e. The van der Waals surface area contributed by atoms with E-state index < -0.39 is 17.7 Å². The van der Waals surface area contributed by atoms with E-state index in [4.69, 9.17) is 19.7 Å². The number of nitrogens with one attached hydrogen (secondary N) is 2. The summed E-state index contributed by atoms with van der Waals surface area (Å²) in [4.78, 5) is 14.3. The Morgan fingerprint density at radius 3 is 2.59 bits per heavy atom. The number of aliphatic hydroxyl groups is 3. The van der Waals surface area contributed by atoms with Crippen molar-refractivity contribution in [2.75, 3.05) is 17.2 Å². The molecule has 0 bridgehead atoms. The number of rotatable bonds is 9. The zero-order chi connectivity index (χ0) is 28.4. The van der Waals surface area contributed by atoms with Gasteiger partial charge in [-0.15, -0.1) is 11.3 Å². The lowest BCUT2D eigenvalue weighted by molar-refractivity contribution is -0.0545. The molecule has 210 valence electrons. The molecule has 0 spiro atoms. The molecule has 3 aromatic carbocycles. The maximum absolute atomic E-state index is 11.4. The van der Waals surface area contributed by atoms with Crippen molar-refractivity contribution >= 4 is 39.0 Å².